The summed E-state index contributed by atoms with van der Waals surface area (Å²) in [5.41, 5.74) is 1.13. The SMILES string of the molecule is O=C1CCCC2C1=CCC2Sc1ccccc1. The van der Waals surface area contributed by atoms with E-state index in [1.54, 1.807) is 0 Å². The minimum Gasteiger partial charge on any atom is -0.295 e. The van der Waals surface area contributed by atoms with Crippen molar-refractivity contribution in [3.8, 4) is 0 Å². The van der Waals surface area contributed by atoms with Gasteiger partial charge >= 0.3 is 0 Å². The Kier molecular flexibility index (Phi) is 3.06. The standard InChI is InChI=1S/C15H16OS/c16-14-8-4-7-13-12(14)9-10-15(13)17-11-5-2-1-3-6-11/h1-3,5-6,9,13,15H,4,7-8,10H2. The van der Waals surface area contributed by atoms with Crippen LogP contribution in [0.3, 0.4) is 0 Å². The molecular formula is C15H16OS. The maximum absolute atomic E-state index is 11.8. The lowest BCUT2D eigenvalue weighted by Crippen LogP contribution is -2.22. The first-order chi connectivity index (χ1) is 8.34. The highest BCUT2D eigenvalue weighted by Gasteiger charge is 2.35. The Hall–Kier alpha value is -1.02. The molecule has 0 spiro atoms. The van der Waals surface area contributed by atoms with Crippen LogP contribution in [0.1, 0.15) is 25.7 Å². The summed E-state index contributed by atoms with van der Waals surface area (Å²) in [7, 11) is 0. The molecule has 2 aliphatic rings. The van der Waals surface area contributed by atoms with Gasteiger partial charge in [0.25, 0.3) is 0 Å². The number of ketones is 1. The van der Waals surface area contributed by atoms with Crippen LogP contribution in [0.25, 0.3) is 0 Å². The van der Waals surface area contributed by atoms with Crippen molar-refractivity contribution in [1.82, 2.24) is 0 Å². The summed E-state index contributed by atoms with van der Waals surface area (Å²) in [6.45, 7) is 0. The van der Waals surface area contributed by atoms with E-state index in [1.807, 2.05) is 17.8 Å². The number of carbonyl (C=O) groups is 1. The van der Waals surface area contributed by atoms with Crippen molar-refractivity contribution in [2.45, 2.75) is 35.8 Å². The van der Waals surface area contributed by atoms with E-state index in [1.165, 1.54) is 11.3 Å². The summed E-state index contributed by atoms with van der Waals surface area (Å²) in [5, 5.41) is 0.580. The molecule has 1 fully saturated rings. The highest BCUT2D eigenvalue weighted by Crippen LogP contribution is 2.44. The smallest absolute Gasteiger partial charge is 0.158 e. The molecule has 2 unspecified atom stereocenters. The fourth-order valence-corrected chi connectivity index (χ4v) is 4.16. The molecule has 0 aliphatic heterocycles. The Labute approximate surface area is 106 Å². The minimum atomic E-state index is 0.400. The third kappa shape index (κ3) is 2.19. The van der Waals surface area contributed by atoms with E-state index < -0.39 is 0 Å². The van der Waals surface area contributed by atoms with Crippen molar-refractivity contribution in [3.63, 3.8) is 0 Å². The maximum atomic E-state index is 11.8. The van der Waals surface area contributed by atoms with Crippen molar-refractivity contribution < 1.29 is 4.79 Å². The molecule has 88 valence electrons. The molecule has 0 aromatic heterocycles. The van der Waals surface area contributed by atoms with Crippen LogP contribution in [-0.2, 0) is 4.79 Å². The Morgan fingerprint density at radius 1 is 1.18 bits per heavy atom. The summed E-state index contributed by atoms with van der Waals surface area (Å²) in [4.78, 5) is 13.1. The quantitative estimate of drug-likeness (QED) is 0.786. The van der Waals surface area contributed by atoms with Gasteiger partial charge in [0.2, 0.25) is 0 Å². The van der Waals surface area contributed by atoms with Crippen LogP contribution in [0.2, 0.25) is 0 Å². The maximum Gasteiger partial charge on any atom is 0.158 e. The van der Waals surface area contributed by atoms with Crippen molar-refractivity contribution in [2.75, 3.05) is 0 Å². The molecule has 3 rings (SSSR count). The summed E-state index contributed by atoms with van der Waals surface area (Å²) < 4.78 is 0. The molecule has 2 atom stereocenters. The normalized spacial score (nSPS) is 27.8. The summed E-state index contributed by atoms with van der Waals surface area (Å²) in [6, 6.07) is 10.5. The Morgan fingerprint density at radius 2 is 2.00 bits per heavy atom. The summed E-state index contributed by atoms with van der Waals surface area (Å²) >= 11 is 1.93. The Bertz CT molecular complexity index is 449. The van der Waals surface area contributed by atoms with E-state index in [9.17, 15) is 4.79 Å². The monoisotopic (exact) mass is 244 g/mol. The number of benzene rings is 1. The fraction of sp³-hybridized carbons (Fsp3) is 0.400. The van der Waals surface area contributed by atoms with Crippen LogP contribution in [0.15, 0.2) is 46.9 Å². The van der Waals surface area contributed by atoms with Crippen LogP contribution in [-0.4, -0.2) is 11.0 Å². The number of carbonyl (C=O) groups excluding carboxylic acids is 1. The largest absolute Gasteiger partial charge is 0.295 e. The summed E-state index contributed by atoms with van der Waals surface area (Å²) in [6.07, 6.45) is 6.29. The van der Waals surface area contributed by atoms with Crippen LogP contribution in [0.4, 0.5) is 0 Å². The van der Waals surface area contributed by atoms with Crippen LogP contribution in [0.5, 0.6) is 0 Å². The first kappa shape index (κ1) is 11.1. The van der Waals surface area contributed by atoms with E-state index in [0.717, 1.165) is 24.8 Å². The third-order valence-electron chi connectivity index (χ3n) is 3.69. The van der Waals surface area contributed by atoms with Gasteiger partial charge in [-0.1, -0.05) is 24.3 Å². The molecule has 1 nitrogen and oxygen atoms in total. The molecule has 1 saturated carbocycles. The molecule has 2 aliphatic carbocycles. The molecule has 0 heterocycles. The number of Topliss-reactive ketones (excluding diaryl/α,β-unsaturated/α-hetero) is 1. The fourth-order valence-electron chi connectivity index (χ4n) is 2.85. The van der Waals surface area contributed by atoms with Crippen molar-refractivity contribution in [3.05, 3.63) is 42.0 Å². The lowest BCUT2D eigenvalue weighted by Gasteiger charge is -2.25. The first-order valence-corrected chi connectivity index (χ1v) is 7.17. The van der Waals surface area contributed by atoms with Gasteiger partial charge in [0.05, 0.1) is 0 Å². The molecule has 0 bridgehead atoms. The molecule has 0 saturated heterocycles. The number of hydrogen-bond donors (Lipinski definition) is 0. The number of thioether (sulfide) groups is 1. The predicted octanol–water partition coefficient (Wildman–Crippen LogP) is 3.85. The van der Waals surface area contributed by atoms with E-state index in [0.29, 0.717) is 17.0 Å². The van der Waals surface area contributed by atoms with Gasteiger partial charge in [-0.15, -0.1) is 11.8 Å². The van der Waals surface area contributed by atoms with Gasteiger partial charge in [0, 0.05) is 16.6 Å². The highest BCUT2D eigenvalue weighted by molar-refractivity contribution is 8.00. The van der Waals surface area contributed by atoms with Gasteiger partial charge in [-0.3, -0.25) is 4.79 Å². The van der Waals surface area contributed by atoms with E-state index >= 15 is 0 Å². The number of rotatable bonds is 2. The van der Waals surface area contributed by atoms with Gasteiger partial charge in [-0.25, -0.2) is 0 Å². The molecule has 17 heavy (non-hydrogen) atoms. The average molecular weight is 244 g/mol. The molecule has 1 aromatic carbocycles. The molecule has 2 heteroatoms. The Morgan fingerprint density at radius 3 is 2.82 bits per heavy atom. The molecular weight excluding hydrogens is 228 g/mol. The first-order valence-electron chi connectivity index (χ1n) is 6.29. The van der Waals surface area contributed by atoms with Crippen molar-refractivity contribution in [1.29, 1.82) is 0 Å². The third-order valence-corrected chi connectivity index (χ3v) is 5.06. The van der Waals surface area contributed by atoms with Gasteiger partial charge < -0.3 is 0 Å². The second-order valence-corrected chi connectivity index (χ2v) is 6.10. The van der Waals surface area contributed by atoms with Crippen molar-refractivity contribution >= 4 is 17.5 Å². The zero-order chi connectivity index (χ0) is 11.7. The van der Waals surface area contributed by atoms with Gasteiger partial charge in [-0.05, 0) is 42.9 Å². The van der Waals surface area contributed by atoms with Gasteiger partial charge in [0.15, 0.2) is 5.78 Å². The molecule has 0 radical (unpaired) electrons. The van der Waals surface area contributed by atoms with Crippen LogP contribution >= 0.6 is 11.8 Å². The second kappa shape index (κ2) is 4.69. The average Bonchev–Trinajstić information content (AvgIpc) is 2.76. The van der Waals surface area contributed by atoms with Crippen LogP contribution in [0, 0.1) is 5.92 Å². The van der Waals surface area contributed by atoms with Crippen molar-refractivity contribution in [2.24, 2.45) is 5.92 Å². The van der Waals surface area contributed by atoms with E-state index in [-0.39, 0.29) is 0 Å². The van der Waals surface area contributed by atoms with E-state index in [4.69, 9.17) is 0 Å². The van der Waals surface area contributed by atoms with E-state index in [2.05, 4.69) is 30.3 Å². The minimum absolute atomic E-state index is 0.400. The van der Waals surface area contributed by atoms with Gasteiger partial charge in [-0.2, -0.15) is 0 Å². The predicted molar refractivity (Wildman–Crippen MR) is 71.1 cm³/mol. The van der Waals surface area contributed by atoms with Gasteiger partial charge in [0.1, 0.15) is 0 Å². The zero-order valence-corrected chi connectivity index (χ0v) is 10.6. The Balaban J connectivity index is 1.73. The number of hydrogen-bond acceptors (Lipinski definition) is 2. The molecule has 0 N–H and O–H groups in total. The summed E-state index contributed by atoms with van der Waals surface area (Å²) in [5.74, 6) is 0.916. The topological polar surface area (TPSA) is 17.1 Å². The lowest BCUT2D eigenvalue weighted by molar-refractivity contribution is -0.117. The number of fused-ring (bicyclic) bond motifs is 1. The lowest BCUT2D eigenvalue weighted by atomic mass is 9.85. The van der Waals surface area contributed by atoms with Crippen LogP contribution < -0.4 is 0 Å². The molecule has 0 amide bonds. The number of allylic oxidation sites excluding steroid dienone is 2. The molecule has 1 aromatic rings. The second-order valence-electron chi connectivity index (χ2n) is 4.79. The zero-order valence-electron chi connectivity index (χ0n) is 9.76. The highest BCUT2D eigenvalue weighted by atomic mass is 32.2.